The van der Waals surface area contributed by atoms with Crippen molar-refractivity contribution in [3.63, 3.8) is 0 Å². The zero-order valence-electron chi connectivity index (χ0n) is 12.7. The third kappa shape index (κ3) is 2.69. The number of nitrogens with one attached hydrogen (secondary N) is 1. The second-order valence-corrected chi connectivity index (χ2v) is 6.15. The molecule has 0 aliphatic carbocycles. The van der Waals surface area contributed by atoms with Crippen LogP contribution in [0, 0.1) is 5.41 Å². The molecule has 19 heavy (non-hydrogen) atoms. The molecule has 0 fully saturated rings. The van der Waals surface area contributed by atoms with E-state index in [9.17, 15) is 0 Å². The van der Waals surface area contributed by atoms with Gasteiger partial charge in [0.2, 0.25) is 0 Å². The molecule has 2 rings (SSSR count). The number of rotatable bonds is 4. The van der Waals surface area contributed by atoms with E-state index in [1.165, 1.54) is 10.9 Å². The van der Waals surface area contributed by atoms with Gasteiger partial charge in [0.25, 0.3) is 0 Å². The van der Waals surface area contributed by atoms with Gasteiger partial charge in [0.05, 0.1) is 0 Å². The van der Waals surface area contributed by atoms with E-state index in [4.69, 9.17) is 4.42 Å². The van der Waals surface area contributed by atoms with E-state index in [0.717, 1.165) is 24.3 Å². The molecule has 104 valence electrons. The highest BCUT2D eigenvalue weighted by atomic mass is 16.3. The molecule has 1 atom stereocenters. The molecule has 1 aromatic carbocycles. The zero-order chi connectivity index (χ0) is 14.0. The molecule has 1 heterocycles. The van der Waals surface area contributed by atoms with Gasteiger partial charge in [-0.1, -0.05) is 52.8 Å². The van der Waals surface area contributed by atoms with Crippen LogP contribution in [0.25, 0.3) is 11.0 Å². The van der Waals surface area contributed by atoms with Crippen molar-refractivity contribution in [3.05, 3.63) is 35.6 Å². The maximum atomic E-state index is 6.03. The first-order valence-electron chi connectivity index (χ1n) is 7.22. The van der Waals surface area contributed by atoms with Gasteiger partial charge in [0, 0.05) is 23.4 Å². The van der Waals surface area contributed by atoms with E-state index in [1.54, 1.807) is 0 Å². The lowest BCUT2D eigenvalue weighted by atomic mass is 9.81. The molecule has 1 aromatic heterocycles. The normalized spacial score (nSPS) is 13.9. The Labute approximate surface area is 116 Å². The Morgan fingerprint density at radius 2 is 1.84 bits per heavy atom. The summed E-state index contributed by atoms with van der Waals surface area (Å²) in [6.45, 7) is 12.1. The molecule has 1 N–H and O–H groups in total. The summed E-state index contributed by atoms with van der Waals surface area (Å²) in [4.78, 5) is 0. The highest BCUT2D eigenvalue weighted by molar-refractivity contribution is 5.83. The van der Waals surface area contributed by atoms with Crippen molar-refractivity contribution >= 4 is 11.0 Å². The molecule has 2 nitrogen and oxygen atoms in total. The first-order valence-corrected chi connectivity index (χ1v) is 7.22. The van der Waals surface area contributed by atoms with Crippen LogP contribution in [0.5, 0.6) is 0 Å². The lowest BCUT2D eigenvalue weighted by Gasteiger charge is -2.31. The minimum Gasteiger partial charge on any atom is -0.461 e. The number of benzene rings is 1. The van der Waals surface area contributed by atoms with Gasteiger partial charge in [-0.3, -0.25) is 0 Å². The second kappa shape index (κ2) is 5.38. The molecule has 0 saturated carbocycles. The number of para-hydroxylation sites is 1. The second-order valence-electron chi connectivity index (χ2n) is 6.15. The highest BCUT2D eigenvalue weighted by Gasteiger charge is 2.30. The van der Waals surface area contributed by atoms with Crippen molar-refractivity contribution in [2.75, 3.05) is 6.54 Å². The van der Waals surface area contributed by atoms with Gasteiger partial charge in [-0.25, -0.2) is 0 Å². The van der Waals surface area contributed by atoms with E-state index in [0.29, 0.717) is 6.04 Å². The molecule has 2 heteroatoms. The van der Waals surface area contributed by atoms with Crippen LogP contribution in [0.3, 0.4) is 0 Å². The topological polar surface area (TPSA) is 25.2 Å². The summed E-state index contributed by atoms with van der Waals surface area (Å²) in [6, 6.07) is 8.67. The number of hydrogen-bond acceptors (Lipinski definition) is 2. The van der Waals surface area contributed by atoms with Gasteiger partial charge in [0.15, 0.2) is 0 Å². The Morgan fingerprint density at radius 1 is 1.16 bits per heavy atom. The van der Waals surface area contributed by atoms with Crippen LogP contribution in [0.15, 0.2) is 28.7 Å². The Kier molecular flexibility index (Phi) is 4.00. The van der Waals surface area contributed by atoms with Crippen molar-refractivity contribution < 1.29 is 4.42 Å². The molecular weight excluding hydrogens is 234 g/mol. The largest absolute Gasteiger partial charge is 0.461 e. The van der Waals surface area contributed by atoms with E-state index in [-0.39, 0.29) is 5.41 Å². The summed E-state index contributed by atoms with van der Waals surface area (Å²) in [5.41, 5.74) is 2.50. The van der Waals surface area contributed by atoms with Crippen LogP contribution in [-0.2, 0) is 6.42 Å². The number of hydrogen-bond donors (Lipinski definition) is 1. The van der Waals surface area contributed by atoms with Crippen molar-refractivity contribution in [2.45, 2.75) is 47.1 Å². The van der Waals surface area contributed by atoms with Gasteiger partial charge < -0.3 is 9.73 Å². The molecule has 0 radical (unpaired) electrons. The fourth-order valence-electron chi connectivity index (χ4n) is 2.74. The monoisotopic (exact) mass is 259 g/mol. The summed E-state index contributed by atoms with van der Waals surface area (Å²) in [6.07, 6.45) is 0.933. The minimum absolute atomic E-state index is 0.159. The SMILES string of the molecule is CCNC(c1c(CC)oc2ccccc12)C(C)(C)C. The van der Waals surface area contributed by atoms with Crippen molar-refractivity contribution in [2.24, 2.45) is 5.41 Å². The van der Waals surface area contributed by atoms with Crippen LogP contribution in [0.4, 0.5) is 0 Å². The Hall–Kier alpha value is -1.28. The molecule has 0 aliphatic rings. The lowest BCUT2D eigenvalue weighted by molar-refractivity contribution is 0.274. The maximum absolute atomic E-state index is 6.03. The molecule has 0 bridgehead atoms. The van der Waals surface area contributed by atoms with Crippen LogP contribution >= 0.6 is 0 Å². The summed E-state index contributed by atoms with van der Waals surface area (Å²) in [5.74, 6) is 1.11. The molecule has 1 unspecified atom stereocenters. The van der Waals surface area contributed by atoms with Crippen molar-refractivity contribution in [3.8, 4) is 0 Å². The lowest BCUT2D eigenvalue weighted by Crippen LogP contribution is -2.32. The number of fused-ring (bicyclic) bond motifs is 1. The standard InChI is InChI=1S/C17H25NO/c1-6-13-15(16(18-7-2)17(3,4)5)12-10-8-9-11-14(12)19-13/h8-11,16,18H,6-7H2,1-5H3. The summed E-state index contributed by atoms with van der Waals surface area (Å²) >= 11 is 0. The average molecular weight is 259 g/mol. The third-order valence-electron chi connectivity index (χ3n) is 3.59. The number of aryl methyl sites for hydroxylation is 1. The van der Waals surface area contributed by atoms with Gasteiger partial charge >= 0.3 is 0 Å². The molecule has 0 amide bonds. The Balaban J connectivity index is 2.63. The molecule has 0 spiro atoms. The average Bonchev–Trinajstić information content (AvgIpc) is 2.72. The quantitative estimate of drug-likeness (QED) is 0.861. The van der Waals surface area contributed by atoms with Crippen molar-refractivity contribution in [1.29, 1.82) is 0 Å². The highest BCUT2D eigenvalue weighted by Crippen LogP contribution is 2.40. The van der Waals surface area contributed by atoms with Gasteiger partial charge in [-0.05, 0) is 18.0 Å². The van der Waals surface area contributed by atoms with Gasteiger partial charge in [0.1, 0.15) is 11.3 Å². The summed E-state index contributed by atoms with van der Waals surface area (Å²) < 4.78 is 6.03. The van der Waals surface area contributed by atoms with Crippen LogP contribution in [0.2, 0.25) is 0 Å². The third-order valence-corrected chi connectivity index (χ3v) is 3.59. The molecule has 0 saturated heterocycles. The summed E-state index contributed by atoms with van der Waals surface area (Å²) in [7, 11) is 0. The minimum atomic E-state index is 0.159. The predicted molar refractivity (Wildman–Crippen MR) is 81.5 cm³/mol. The van der Waals surface area contributed by atoms with Gasteiger partial charge in [-0.15, -0.1) is 0 Å². The first-order chi connectivity index (χ1) is 8.99. The van der Waals surface area contributed by atoms with E-state index in [1.807, 2.05) is 6.07 Å². The van der Waals surface area contributed by atoms with Crippen molar-refractivity contribution in [1.82, 2.24) is 5.32 Å². The predicted octanol–water partition coefficient (Wildman–Crippen LogP) is 4.69. The summed E-state index contributed by atoms with van der Waals surface area (Å²) in [5, 5.41) is 4.88. The fourth-order valence-corrected chi connectivity index (χ4v) is 2.74. The Morgan fingerprint density at radius 3 is 2.42 bits per heavy atom. The maximum Gasteiger partial charge on any atom is 0.134 e. The van der Waals surface area contributed by atoms with Crippen LogP contribution < -0.4 is 5.32 Å². The number of furan rings is 1. The van der Waals surface area contributed by atoms with E-state index in [2.05, 4.69) is 58.1 Å². The smallest absolute Gasteiger partial charge is 0.134 e. The van der Waals surface area contributed by atoms with Crippen LogP contribution in [-0.4, -0.2) is 6.54 Å². The zero-order valence-corrected chi connectivity index (χ0v) is 12.7. The molecule has 0 aliphatic heterocycles. The molecular formula is C17H25NO. The fraction of sp³-hybridized carbons (Fsp3) is 0.529. The van der Waals surface area contributed by atoms with E-state index >= 15 is 0 Å². The first kappa shape index (κ1) is 14.1. The van der Waals surface area contributed by atoms with Crippen LogP contribution in [0.1, 0.15) is 52.0 Å². The molecule has 2 aromatic rings. The Bertz CT molecular complexity index is 548. The van der Waals surface area contributed by atoms with Gasteiger partial charge in [-0.2, -0.15) is 0 Å². The van der Waals surface area contributed by atoms with E-state index < -0.39 is 0 Å².